The van der Waals surface area contributed by atoms with Gasteiger partial charge in [-0.15, -0.1) is 0 Å². The third-order valence-corrected chi connectivity index (χ3v) is 5.78. The smallest absolute Gasteiger partial charge is 0.162 e. The second-order valence-corrected chi connectivity index (χ2v) is 8.26. The number of nitrogens with one attached hydrogen (secondary N) is 1. The number of unbranched alkanes of at least 4 members (excludes halogenated alkanes) is 6. The quantitative estimate of drug-likeness (QED) is 0.278. The van der Waals surface area contributed by atoms with Gasteiger partial charge in [0, 0.05) is 24.2 Å². The van der Waals surface area contributed by atoms with Gasteiger partial charge in [-0.3, -0.25) is 0 Å². The molecule has 0 saturated carbocycles. The van der Waals surface area contributed by atoms with Crippen LogP contribution in [-0.2, 0) is 13.1 Å². The Bertz CT molecular complexity index is 813. The van der Waals surface area contributed by atoms with E-state index in [1.165, 1.54) is 38.5 Å². The Morgan fingerprint density at radius 3 is 2.03 bits per heavy atom. The van der Waals surface area contributed by atoms with Crippen molar-refractivity contribution in [2.45, 2.75) is 65.0 Å². The van der Waals surface area contributed by atoms with E-state index >= 15 is 0 Å². The lowest BCUT2D eigenvalue weighted by atomic mass is 10.1. The van der Waals surface area contributed by atoms with Gasteiger partial charge < -0.3 is 24.3 Å². The maximum Gasteiger partial charge on any atom is 0.162 e. The predicted molar refractivity (Wildman–Crippen MR) is 132 cm³/mol. The number of hydrogen-bond donors (Lipinski definition) is 1. The van der Waals surface area contributed by atoms with Gasteiger partial charge in [0.2, 0.25) is 0 Å². The van der Waals surface area contributed by atoms with Crippen molar-refractivity contribution in [2.24, 2.45) is 0 Å². The first kappa shape index (κ1) is 26.1. The van der Waals surface area contributed by atoms with E-state index in [1.807, 2.05) is 18.2 Å². The van der Waals surface area contributed by atoms with E-state index in [0.29, 0.717) is 29.6 Å². The summed E-state index contributed by atoms with van der Waals surface area (Å²) in [4.78, 5) is 0. The van der Waals surface area contributed by atoms with Gasteiger partial charge in [0.1, 0.15) is 0 Å². The van der Waals surface area contributed by atoms with Gasteiger partial charge in [-0.2, -0.15) is 0 Å². The molecule has 2 rings (SSSR count). The molecule has 1 N–H and O–H groups in total. The molecule has 0 radical (unpaired) electrons. The second kappa shape index (κ2) is 14.9. The predicted octanol–water partition coefficient (Wildman–Crippen LogP) is 6.79. The van der Waals surface area contributed by atoms with Crippen molar-refractivity contribution in [3.8, 4) is 23.0 Å². The van der Waals surface area contributed by atoms with E-state index in [0.717, 1.165) is 35.7 Å². The Balaban J connectivity index is 1.81. The third-order valence-electron chi connectivity index (χ3n) is 5.43. The van der Waals surface area contributed by atoms with Crippen molar-refractivity contribution in [2.75, 3.05) is 27.9 Å². The third kappa shape index (κ3) is 8.44. The number of hydrogen-bond acceptors (Lipinski definition) is 5. The van der Waals surface area contributed by atoms with Crippen LogP contribution in [-0.4, -0.2) is 27.9 Å². The number of rotatable bonds is 16. The summed E-state index contributed by atoms with van der Waals surface area (Å²) in [7, 11) is 4.89. The van der Waals surface area contributed by atoms with Crippen LogP contribution in [0.2, 0.25) is 5.02 Å². The molecule has 0 amide bonds. The minimum absolute atomic E-state index is 0.609. The Morgan fingerprint density at radius 1 is 0.719 bits per heavy atom. The lowest BCUT2D eigenvalue weighted by molar-refractivity contribution is 0.284. The summed E-state index contributed by atoms with van der Waals surface area (Å²) >= 11 is 6.38. The first-order valence-corrected chi connectivity index (χ1v) is 11.9. The fourth-order valence-electron chi connectivity index (χ4n) is 3.56. The molecule has 0 fully saturated rings. The van der Waals surface area contributed by atoms with Crippen LogP contribution in [0, 0.1) is 0 Å². The molecule has 0 aliphatic heterocycles. The van der Waals surface area contributed by atoms with E-state index in [-0.39, 0.29) is 0 Å². The average Bonchev–Trinajstić information content (AvgIpc) is 2.81. The van der Waals surface area contributed by atoms with Gasteiger partial charge in [0.05, 0.1) is 27.9 Å². The molecule has 0 unspecified atom stereocenters. The first-order valence-electron chi connectivity index (χ1n) is 11.5. The van der Waals surface area contributed by atoms with Gasteiger partial charge in [-0.05, 0) is 35.7 Å². The SMILES string of the molecule is CCCCCCCCCOc1ccc(CNCc2cc(OC)c(OC)cc2Cl)cc1OC. The van der Waals surface area contributed by atoms with Gasteiger partial charge in [0.25, 0.3) is 0 Å². The Kier molecular flexibility index (Phi) is 12.1. The first-order chi connectivity index (χ1) is 15.6. The topological polar surface area (TPSA) is 49.0 Å². The van der Waals surface area contributed by atoms with Crippen molar-refractivity contribution < 1.29 is 18.9 Å². The maximum atomic E-state index is 6.38. The summed E-state index contributed by atoms with van der Waals surface area (Å²) in [6, 6.07) is 9.74. The molecular formula is C26H38ClNO4. The second-order valence-electron chi connectivity index (χ2n) is 7.86. The van der Waals surface area contributed by atoms with Crippen molar-refractivity contribution in [1.29, 1.82) is 0 Å². The summed E-state index contributed by atoms with van der Waals surface area (Å²) in [6.07, 6.45) is 8.88. The van der Waals surface area contributed by atoms with Gasteiger partial charge >= 0.3 is 0 Å². The minimum atomic E-state index is 0.609. The largest absolute Gasteiger partial charge is 0.493 e. The maximum absolute atomic E-state index is 6.38. The van der Waals surface area contributed by atoms with Crippen LogP contribution in [0.15, 0.2) is 30.3 Å². The van der Waals surface area contributed by atoms with Crippen LogP contribution in [0.4, 0.5) is 0 Å². The summed E-state index contributed by atoms with van der Waals surface area (Å²) < 4.78 is 22.2. The standard InChI is InChI=1S/C26H38ClNO4/c1-5-6-7-8-9-10-11-14-32-23-13-12-20(15-24(23)29-2)18-28-19-21-16-25(30-3)26(31-4)17-22(21)27/h12-13,15-17,28H,5-11,14,18-19H2,1-4H3. The van der Waals surface area contributed by atoms with Gasteiger partial charge in [0.15, 0.2) is 23.0 Å². The highest BCUT2D eigenvalue weighted by Crippen LogP contribution is 2.33. The highest BCUT2D eigenvalue weighted by molar-refractivity contribution is 6.31. The highest BCUT2D eigenvalue weighted by atomic mass is 35.5. The Labute approximate surface area is 198 Å². The molecule has 2 aromatic rings. The van der Waals surface area contributed by atoms with Crippen molar-refractivity contribution in [3.05, 3.63) is 46.5 Å². The van der Waals surface area contributed by atoms with E-state index in [4.69, 9.17) is 30.5 Å². The molecule has 6 heteroatoms. The average molecular weight is 464 g/mol. The molecule has 0 saturated heterocycles. The van der Waals surface area contributed by atoms with E-state index in [9.17, 15) is 0 Å². The molecule has 178 valence electrons. The van der Waals surface area contributed by atoms with Crippen molar-refractivity contribution >= 4 is 11.6 Å². The minimum Gasteiger partial charge on any atom is -0.493 e. The zero-order valence-electron chi connectivity index (χ0n) is 20.0. The summed E-state index contributed by atoms with van der Waals surface area (Å²) in [5, 5.41) is 4.06. The Morgan fingerprint density at radius 2 is 1.34 bits per heavy atom. The molecular weight excluding hydrogens is 426 g/mol. The fourth-order valence-corrected chi connectivity index (χ4v) is 3.78. The summed E-state index contributed by atoms with van der Waals surface area (Å²) in [5.41, 5.74) is 2.06. The molecule has 32 heavy (non-hydrogen) atoms. The zero-order valence-corrected chi connectivity index (χ0v) is 20.7. The number of ether oxygens (including phenoxy) is 4. The van der Waals surface area contributed by atoms with Crippen LogP contribution in [0.5, 0.6) is 23.0 Å². The fraction of sp³-hybridized carbons (Fsp3) is 0.538. The van der Waals surface area contributed by atoms with Crippen LogP contribution in [0.25, 0.3) is 0 Å². The lowest BCUT2D eigenvalue weighted by Gasteiger charge is -2.14. The van der Waals surface area contributed by atoms with Gasteiger partial charge in [-0.25, -0.2) is 0 Å². The summed E-state index contributed by atoms with van der Waals surface area (Å²) in [5.74, 6) is 2.84. The molecule has 0 spiro atoms. The molecule has 2 aromatic carbocycles. The van der Waals surface area contributed by atoms with Crippen LogP contribution in [0.3, 0.4) is 0 Å². The number of methoxy groups -OCH3 is 3. The van der Waals surface area contributed by atoms with Crippen molar-refractivity contribution in [1.82, 2.24) is 5.32 Å². The van der Waals surface area contributed by atoms with Crippen LogP contribution >= 0.6 is 11.6 Å². The van der Waals surface area contributed by atoms with Crippen LogP contribution < -0.4 is 24.3 Å². The highest BCUT2D eigenvalue weighted by Gasteiger charge is 2.10. The van der Waals surface area contributed by atoms with Gasteiger partial charge in [-0.1, -0.05) is 63.1 Å². The van der Waals surface area contributed by atoms with Crippen LogP contribution in [0.1, 0.15) is 63.0 Å². The molecule has 0 aliphatic carbocycles. The Hall–Kier alpha value is -2.11. The molecule has 5 nitrogen and oxygen atoms in total. The molecule has 0 atom stereocenters. The number of halogens is 1. The molecule has 0 aliphatic rings. The van der Waals surface area contributed by atoms with E-state index in [2.05, 4.69) is 18.3 Å². The van der Waals surface area contributed by atoms with E-state index in [1.54, 1.807) is 27.4 Å². The molecule has 0 heterocycles. The number of benzene rings is 2. The van der Waals surface area contributed by atoms with E-state index < -0.39 is 0 Å². The zero-order chi connectivity index (χ0) is 23.2. The molecule has 0 aromatic heterocycles. The monoisotopic (exact) mass is 463 g/mol. The molecule has 0 bridgehead atoms. The summed E-state index contributed by atoms with van der Waals surface area (Å²) in [6.45, 7) is 4.26. The lowest BCUT2D eigenvalue weighted by Crippen LogP contribution is -2.13. The normalized spacial score (nSPS) is 10.8. The van der Waals surface area contributed by atoms with Crippen molar-refractivity contribution in [3.63, 3.8) is 0 Å².